The van der Waals surface area contributed by atoms with Crippen LogP contribution in [0.2, 0.25) is 0 Å². The van der Waals surface area contributed by atoms with Crippen LogP contribution in [0.4, 0.5) is 4.39 Å². The molecule has 1 aromatic carbocycles. The van der Waals surface area contributed by atoms with Crippen molar-refractivity contribution in [1.29, 1.82) is 5.26 Å². The Balaban J connectivity index is 2.47. The van der Waals surface area contributed by atoms with Crippen molar-refractivity contribution in [2.75, 3.05) is 6.54 Å². The number of nitrogens with one attached hydrogen (secondary N) is 1. The van der Waals surface area contributed by atoms with Crippen LogP contribution >= 0.6 is 0 Å². The van der Waals surface area contributed by atoms with E-state index in [9.17, 15) is 4.39 Å². The predicted molar refractivity (Wildman–Crippen MR) is 71.7 cm³/mol. The Hall–Kier alpha value is -2.25. The Morgan fingerprint density at radius 2 is 2.16 bits per heavy atom. The van der Waals surface area contributed by atoms with Gasteiger partial charge in [0.05, 0.1) is 5.56 Å². The van der Waals surface area contributed by atoms with Gasteiger partial charge in [0.15, 0.2) is 0 Å². The third kappa shape index (κ3) is 3.15. The molecule has 0 aliphatic carbocycles. The van der Waals surface area contributed by atoms with Gasteiger partial charge in [-0.25, -0.2) is 4.39 Å². The Morgan fingerprint density at radius 3 is 2.89 bits per heavy atom. The lowest BCUT2D eigenvalue weighted by atomic mass is 10.00. The minimum absolute atomic E-state index is 0.294. The fourth-order valence-corrected chi connectivity index (χ4v) is 1.88. The van der Waals surface area contributed by atoms with Gasteiger partial charge in [-0.05, 0) is 35.9 Å². The fraction of sp³-hybridized carbons (Fsp3) is 0.200. The minimum Gasteiger partial charge on any atom is -0.313 e. The second-order valence-electron chi connectivity index (χ2n) is 4.16. The molecule has 0 aliphatic heterocycles. The zero-order valence-corrected chi connectivity index (χ0v) is 10.7. The minimum atomic E-state index is -0.294. The number of pyridine rings is 1. The highest BCUT2D eigenvalue weighted by Crippen LogP contribution is 2.25. The van der Waals surface area contributed by atoms with Gasteiger partial charge in [0.2, 0.25) is 0 Å². The van der Waals surface area contributed by atoms with E-state index < -0.39 is 0 Å². The van der Waals surface area contributed by atoms with Gasteiger partial charge in [-0.2, -0.15) is 5.26 Å². The van der Waals surface area contributed by atoms with Crippen LogP contribution in [0.5, 0.6) is 0 Å². The summed E-state index contributed by atoms with van der Waals surface area (Å²) in [4.78, 5) is 4.02. The first kappa shape index (κ1) is 13.2. The molecule has 0 fully saturated rings. The molecular formula is C15H14FN3. The topological polar surface area (TPSA) is 48.7 Å². The normalized spacial score (nSPS) is 10.2. The molecule has 96 valence electrons. The summed E-state index contributed by atoms with van der Waals surface area (Å²) in [7, 11) is 0. The average Bonchev–Trinajstić information content (AvgIpc) is 2.46. The largest absolute Gasteiger partial charge is 0.313 e. The van der Waals surface area contributed by atoms with Crippen molar-refractivity contribution in [3.8, 4) is 17.2 Å². The van der Waals surface area contributed by atoms with E-state index in [0.717, 1.165) is 23.2 Å². The smallest absolute Gasteiger partial charge is 0.123 e. The van der Waals surface area contributed by atoms with Crippen molar-refractivity contribution in [2.24, 2.45) is 0 Å². The van der Waals surface area contributed by atoms with Crippen LogP contribution in [-0.2, 0) is 6.54 Å². The Labute approximate surface area is 111 Å². The molecule has 0 saturated heterocycles. The Morgan fingerprint density at radius 1 is 1.32 bits per heavy atom. The van der Waals surface area contributed by atoms with E-state index in [1.807, 2.05) is 13.0 Å². The maximum atomic E-state index is 13.4. The van der Waals surface area contributed by atoms with E-state index in [4.69, 9.17) is 5.26 Å². The summed E-state index contributed by atoms with van der Waals surface area (Å²) in [6.45, 7) is 3.51. The third-order valence-electron chi connectivity index (χ3n) is 2.82. The summed E-state index contributed by atoms with van der Waals surface area (Å²) in [5, 5.41) is 12.1. The summed E-state index contributed by atoms with van der Waals surface area (Å²) in [5.74, 6) is -0.294. The molecule has 1 heterocycles. The monoisotopic (exact) mass is 255 g/mol. The van der Waals surface area contributed by atoms with Crippen LogP contribution in [0.25, 0.3) is 11.1 Å². The highest BCUT2D eigenvalue weighted by molar-refractivity contribution is 5.67. The molecule has 0 saturated carbocycles. The molecule has 0 amide bonds. The lowest BCUT2D eigenvalue weighted by Crippen LogP contribution is -2.12. The SMILES string of the molecule is CCNCc1ccc(F)cc1-c1cncc(C#N)c1. The molecular weight excluding hydrogens is 241 g/mol. The van der Waals surface area contributed by atoms with Crippen molar-refractivity contribution in [3.63, 3.8) is 0 Å². The summed E-state index contributed by atoms with van der Waals surface area (Å²) in [6.07, 6.45) is 3.14. The van der Waals surface area contributed by atoms with Gasteiger partial charge in [-0.3, -0.25) is 4.98 Å². The van der Waals surface area contributed by atoms with Crippen LogP contribution in [0.3, 0.4) is 0 Å². The van der Waals surface area contributed by atoms with E-state index in [-0.39, 0.29) is 5.82 Å². The number of hydrogen-bond donors (Lipinski definition) is 1. The number of nitrogens with zero attached hydrogens (tertiary/aromatic N) is 2. The van der Waals surface area contributed by atoms with Gasteiger partial charge in [0, 0.05) is 24.5 Å². The van der Waals surface area contributed by atoms with E-state index in [1.54, 1.807) is 18.3 Å². The van der Waals surface area contributed by atoms with E-state index in [0.29, 0.717) is 12.1 Å². The quantitative estimate of drug-likeness (QED) is 0.913. The lowest BCUT2D eigenvalue weighted by Gasteiger charge is -2.10. The van der Waals surface area contributed by atoms with Crippen molar-refractivity contribution in [3.05, 3.63) is 53.6 Å². The number of aromatic nitrogens is 1. The van der Waals surface area contributed by atoms with Gasteiger partial charge in [0.25, 0.3) is 0 Å². The van der Waals surface area contributed by atoms with Crippen LogP contribution in [0.15, 0.2) is 36.7 Å². The van der Waals surface area contributed by atoms with Crippen molar-refractivity contribution in [2.45, 2.75) is 13.5 Å². The second kappa shape index (κ2) is 6.07. The number of benzene rings is 1. The number of nitriles is 1. The number of hydrogen-bond acceptors (Lipinski definition) is 3. The van der Waals surface area contributed by atoms with E-state index in [1.165, 1.54) is 18.3 Å². The molecule has 1 N–H and O–H groups in total. The molecule has 0 radical (unpaired) electrons. The molecule has 2 aromatic rings. The number of rotatable bonds is 4. The second-order valence-corrected chi connectivity index (χ2v) is 4.16. The first-order valence-electron chi connectivity index (χ1n) is 6.09. The van der Waals surface area contributed by atoms with Crippen molar-refractivity contribution < 1.29 is 4.39 Å². The third-order valence-corrected chi connectivity index (χ3v) is 2.82. The Bertz CT molecular complexity index is 617. The summed E-state index contributed by atoms with van der Waals surface area (Å²) in [5.41, 5.74) is 2.98. The maximum Gasteiger partial charge on any atom is 0.123 e. The highest BCUT2D eigenvalue weighted by Gasteiger charge is 2.07. The van der Waals surface area contributed by atoms with Gasteiger partial charge in [-0.15, -0.1) is 0 Å². The van der Waals surface area contributed by atoms with Crippen molar-refractivity contribution >= 4 is 0 Å². The summed E-state index contributed by atoms with van der Waals surface area (Å²) < 4.78 is 13.4. The molecule has 0 atom stereocenters. The molecule has 0 bridgehead atoms. The summed E-state index contributed by atoms with van der Waals surface area (Å²) >= 11 is 0. The van der Waals surface area contributed by atoms with Crippen molar-refractivity contribution in [1.82, 2.24) is 10.3 Å². The van der Waals surface area contributed by atoms with Crippen LogP contribution in [-0.4, -0.2) is 11.5 Å². The molecule has 0 spiro atoms. The van der Waals surface area contributed by atoms with E-state index >= 15 is 0 Å². The summed E-state index contributed by atoms with van der Waals surface area (Å²) in [6, 6.07) is 8.44. The molecule has 2 rings (SSSR count). The van der Waals surface area contributed by atoms with E-state index in [2.05, 4.69) is 10.3 Å². The highest BCUT2D eigenvalue weighted by atomic mass is 19.1. The molecule has 0 aliphatic rings. The van der Waals surface area contributed by atoms with Crippen LogP contribution in [0, 0.1) is 17.1 Å². The first-order valence-corrected chi connectivity index (χ1v) is 6.09. The maximum absolute atomic E-state index is 13.4. The standard InChI is InChI=1S/C15H14FN3/c1-2-18-9-12-3-4-14(16)6-15(12)13-5-11(7-17)8-19-10-13/h3-6,8,10,18H,2,9H2,1H3. The van der Waals surface area contributed by atoms with Crippen LogP contribution < -0.4 is 5.32 Å². The molecule has 4 heteroatoms. The zero-order valence-electron chi connectivity index (χ0n) is 10.7. The van der Waals surface area contributed by atoms with Gasteiger partial charge < -0.3 is 5.32 Å². The van der Waals surface area contributed by atoms with Gasteiger partial charge >= 0.3 is 0 Å². The Kier molecular flexibility index (Phi) is 4.22. The zero-order chi connectivity index (χ0) is 13.7. The van der Waals surface area contributed by atoms with Gasteiger partial charge in [-0.1, -0.05) is 13.0 Å². The fourth-order valence-electron chi connectivity index (χ4n) is 1.88. The molecule has 1 aromatic heterocycles. The van der Waals surface area contributed by atoms with Crippen LogP contribution in [0.1, 0.15) is 18.1 Å². The van der Waals surface area contributed by atoms with Gasteiger partial charge in [0.1, 0.15) is 11.9 Å². The first-order chi connectivity index (χ1) is 9.24. The molecule has 0 unspecified atom stereocenters. The number of halogens is 1. The lowest BCUT2D eigenvalue weighted by molar-refractivity contribution is 0.626. The molecule has 19 heavy (non-hydrogen) atoms. The molecule has 3 nitrogen and oxygen atoms in total. The predicted octanol–water partition coefficient (Wildman–Crippen LogP) is 2.87. The average molecular weight is 255 g/mol.